The second-order valence-electron chi connectivity index (χ2n) is 10.9. The van der Waals surface area contributed by atoms with Crippen LogP contribution in [0, 0.1) is 17.6 Å². The van der Waals surface area contributed by atoms with E-state index >= 15 is 8.78 Å². The van der Waals surface area contributed by atoms with Crippen LogP contribution in [0.4, 0.5) is 26.1 Å². The standard InChI is InChI=1S/C29H33F2N7O/c1-18-11-20(32)17-37(16-18)26-7-10-33-15-25(26)35-28-34-14-21-5-6-24(36-38(21)28)27-22(30)12-19(13-23(27)31)29(39-2)8-3-4-9-29/h5-7,10,12-15,18,20H,3-4,8-9,11,16-17,32H2,1-2H3,(H,34,35). The Balaban J connectivity index is 1.34. The summed E-state index contributed by atoms with van der Waals surface area (Å²) in [5.41, 5.74) is 8.58. The molecule has 4 aromatic rings. The fourth-order valence-corrected chi connectivity index (χ4v) is 6.22. The van der Waals surface area contributed by atoms with E-state index in [9.17, 15) is 0 Å². The lowest BCUT2D eigenvalue weighted by molar-refractivity contribution is -0.00914. The third-order valence-corrected chi connectivity index (χ3v) is 8.09. The van der Waals surface area contributed by atoms with Crippen LogP contribution in [0.15, 0.2) is 48.9 Å². The molecule has 3 N–H and O–H groups in total. The van der Waals surface area contributed by atoms with Gasteiger partial charge in [-0.05, 0) is 61.1 Å². The number of benzene rings is 1. The number of rotatable bonds is 6. The molecule has 2 unspecified atom stereocenters. The monoisotopic (exact) mass is 533 g/mol. The van der Waals surface area contributed by atoms with Gasteiger partial charge in [0.1, 0.15) is 11.6 Å². The Morgan fingerprint density at radius 3 is 2.56 bits per heavy atom. The summed E-state index contributed by atoms with van der Waals surface area (Å²) in [4.78, 5) is 11.0. The summed E-state index contributed by atoms with van der Waals surface area (Å²) in [6.45, 7) is 3.82. The summed E-state index contributed by atoms with van der Waals surface area (Å²) >= 11 is 0. The van der Waals surface area contributed by atoms with Gasteiger partial charge in [0.2, 0.25) is 5.95 Å². The lowest BCUT2D eigenvalue weighted by Crippen LogP contribution is -2.46. The second-order valence-corrected chi connectivity index (χ2v) is 10.9. The smallest absolute Gasteiger partial charge is 0.229 e. The molecule has 10 heteroatoms. The average molecular weight is 534 g/mol. The number of hydrogen-bond acceptors (Lipinski definition) is 7. The van der Waals surface area contributed by atoms with Crippen LogP contribution in [0.3, 0.4) is 0 Å². The fourth-order valence-electron chi connectivity index (χ4n) is 6.22. The van der Waals surface area contributed by atoms with Crippen molar-refractivity contribution in [1.29, 1.82) is 0 Å². The molecule has 204 valence electrons. The highest BCUT2D eigenvalue weighted by Gasteiger charge is 2.37. The van der Waals surface area contributed by atoms with Gasteiger partial charge in [0.25, 0.3) is 0 Å². The number of nitrogens with zero attached hydrogens (tertiary/aromatic N) is 5. The van der Waals surface area contributed by atoms with Crippen molar-refractivity contribution in [2.75, 3.05) is 30.4 Å². The first kappa shape index (κ1) is 25.6. The number of hydrogen-bond donors (Lipinski definition) is 2. The van der Waals surface area contributed by atoms with Crippen molar-refractivity contribution in [2.45, 2.75) is 50.7 Å². The Labute approximate surface area is 226 Å². The number of anilines is 3. The molecule has 0 spiro atoms. The summed E-state index contributed by atoms with van der Waals surface area (Å²) in [5, 5.41) is 7.91. The Morgan fingerprint density at radius 1 is 1.08 bits per heavy atom. The van der Waals surface area contributed by atoms with Crippen molar-refractivity contribution in [3.8, 4) is 11.3 Å². The highest BCUT2D eigenvalue weighted by molar-refractivity contribution is 5.74. The van der Waals surface area contributed by atoms with Crippen LogP contribution >= 0.6 is 0 Å². The molecule has 3 aromatic heterocycles. The van der Waals surface area contributed by atoms with Crippen LogP contribution < -0.4 is 16.0 Å². The molecular formula is C29H33F2N7O. The minimum Gasteiger partial charge on any atom is -0.374 e. The summed E-state index contributed by atoms with van der Waals surface area (Å²) in [5.74, 6) is -0.452. The number of halogens is 2. The molecule has 1 aliphatic carbocycles. The van der Waals surface area contributed by atoms with E-state index in [-0.39, 0.29) is 17.3 Å². The molecule has 2 fully saturated rings. The number of nitrogens with two attached hydrogens (primary N) is 1. The first-order valence-electron chi connectivity index (χ1n) is 13.5. The van der Waals surface area contributed by atoms with Crippen molar-refractivity contribution in [1.82, 2.24) is 19.6 Å². The van der Waals surface area contributed by atoms with Gasteiger partial charge in [-0.15, -0.1) is 0 Å². The summed E-state index contributed by atoms with van der Waals surface area (Å²) < 4.78 is 38.2. The molecule has 1 aliphatic heterocycles. The van der Waals surface area contributed by atoms with Gasteiger partial charge >= 0.3 is 0 Å². The zero-order valence-corrected chi connectivity index (χ0v) is 22.2. The van der Waals surface area contributed by atoms with Gasteiger partial charge in [-0.3, -0.25) is 4.98 Å². The predicted molar refractivity (Wildman–Crippen MR) is 147 cm³/mol. The fraction of sp³-hybridized carbons (Fsp3) is 0.414. The van der Waals surface area contributed by atoms with Gasteiger partial charge in [0, 0.05) is 32.4 Å². The van der Waals surface area contributed by atoms with E-state index in [1.807, 2.05) is 6.07 Å². The van der Waals surface area contributed by atoms with Gasteiger partial charge in [-0.1, -0.05) is 19.8 Å². The average Bonchev–Trinajstić information content (AvgIpc) is 3.56. The first-order valence-corrected chi connectivity index (χ1v) is 13.5. The van der Waals surface area contributed by atoms with E-state index in [1.54, 1.807) is 42.3 Å². The molecule has 1 saturated heterocycles. The van der Waals surface area contributed by atoms with Crippen LogP contribution in [0.2, 0.25) is 0 Å². The largest absolute Gasteiger partial charge is 0.374 e. The quantitative estimate of drug-likeness (QED) is 0.343. The number of pyridine rings is 1. The second kappa shape index (κ2) is 10.2. The number of methoxy groups -OCH3 is 1. The van der Waals surface area contributed by atoms with Crippen molar-refractivity contribution in [3.63, 3.8) is 0 Å². The molecule has 1 aromatic carbocycles. The Bertz CT molecular complexity index is 1470. The number of ether oxygens (including phenoxy) is 1. The Hall–Kier alpha value is -3.63. The number of nitrogens with one attached hydrogen (secondary N) is 1. The molecule has 39 heavy (non-hydrogen) atoms. The van der Waals surface area contributed by atoms with Crippen LogP contribution in [0.5, 0.6) is 0 Å². The number of aromatic nitrogens is 4. The first-order chi connectivity index (χ1) is 18.9. The van der Waals surface area contributed by atoms with Crippen molar-refractivity contribution >= 4 is 22.8 Å². The SMILES string of the molecule is COC1(c2cc(F)c(-c3ccc4cnc(Nc5cnccc5N5CC(C)CC(N)C5)n4n3)c(F)c2)CCCC1. The van der Waals surface area contributed by atoms with Gasteiger partial charge in [-0.2, -0.15) is 9.61 Å². The highest BCUT2D eigenvalue weighted by Crippen LogP contribution is 2.43. The maximum Gasteiger partial charge on any atom is 0.229 e. The Morgan fingerprint density at radius 2 is 1.85 bits per heavy atom. The van der Waals surface area contributed by atoms with Crippen LogP contribution in [0.1, 0.15) is 44.6 Å². The van der Waals surface area contributed by atoms with Crippen molar-refractivity contribution < 1.29 is 13.5 Å². The van der Waals surface area contributed by atoms with Crippen molar-refractivity contribution in [2.24, 2.45) is 11.7 Å². The maximum atomic E-state index is 15.5. The molecule has 8 nitrogen and oxygen atoms in total. The van der Waals surface area contributed by atoms with E-state index in [2.05, 4.69) is 32.2 Å². The topological polar surface area (TPSA) is 93.6 Å². The van der Waals surface area contributed by atoms with E-state index in [4.69, 9.17) is 10.5 Å². The zero-order chi connectivity index (χ0) is 27.1. The molecule has 0 amide bonds. The van der Waals surface area contributed by atoms with E-state index in [0.29, 0.717) is 22.9 Å². The summed E-state index contributed by atoms with van der Waals surface area (Å²) in [7, 11) is 1.60. The predicted octanol–water partition coefficient (Wildman–Crippen LogP) is 5.40. The Kier molecular flexibility index (Phi) is 6.68. The van der Waals surface area contributed by atoms with Crippen molar-refractivity contribution in [3.05, 3.63) is 66.1 Å². The molecule has 4 heterocycles. The minimum absolute atomic E-state index is 0.0925. The van der Waals surface area contributed by atoms with E-state index in [0.717, 1.165) is 56.6 Å². The van der Waals surface area contributed by atoms with Gasteiger partial charge in [0.05, 0.1) is 46.1 Å². The number of imidazole rings is 1. The van der Waals surface area contributed by atoms with Crippen LogP contribution in [-0.4, -0.2) is 45.8 Å². The lowest BCUT2D eigenvalue weighted by atomic mass is 9.90. The molecule has 2 atom stereocenters. The number of piperidine rings is 1. The summed E-state index contributed by atoms with van der Waals surface area (Å²) in [6, 6.07) is 8.17. The molecule has 1 saturated carbocycles. The number of fused-ring (bicyclic) bond motifs is 1. The minimum atomic E-state index is -0.667. The van der Waals surface area contributed by atoms with E-state index in [1.165, 1.54) is 12.1 Å². The third kappa shape index (κ3) is 4.72. The van der Waals surface area contributed by atoms with Crippen LogP contribution in [0.25, 0.3) is 16.8 Å². The molecule has 6 rings (SSSR count). The van der Waals surface area contributed by atoms with Gasteiger partial charge in [-0.25, -0.2) is 13.8 Å². The molecule has 0 bridgehead atoms. The van der Waals surface area contributed by atoms with E-state index < -0.39 is 17.2 Å². The van der Waals surface area contributed by atoms with Crippen LogP contribution in [-0.2, 0) is 10.3 Å². The lowest BCUT2D eigenvalue weighted by Gasteiger charge is -2.37. The zero-order valence-electron chi connectivity index (χ0n) is 22.2. The highest BCUT2D eigenvalue weighted by atomic mass is 19.1. The molecule has 0 radical (unpaired) electrons. The third-order valence-electron chi connectivity index (χ3n) is 8.09. The molecule has 2 aliphatic rings. The van der Waals surface area contributed by atoms with Gasteiger partial charge < -0.3 is 20.7 Å². The summed E-state index contributed by atoms with van der Waals surface area (Å²) in [6.07, 6.45) is 9.56. The maximum absolute atomic E-state index is 15.5. The molecular weight excluding hydrogens is 500 g/mol. The van der Waals surface area contributed by atoms with Gasteiger partial charge in [0.15, 0.2) is 0 Å². The normalized spacial score (nSPS) is 21.0.